The lowest BCUT2D eigenvalue weighted by molar-refractivity contribution is 0.254. The van der Waals surface area contributed by atoms with Gasteiger partial charge in [0.2, 0.25) is 5.95 Å². The van der Waals surface area contributed by atoms with Crippen molar-refractivity contribution in [3.05, 3.63) is 48.5 Å². The van der Waals surface area contributed by atoms with Crippen molar-refractivity contribution in [3.63, 3.8) is 0 Å². The average Bonchev–Trinajstić information content (AvgIpc) is 2.82. The van der Waals surface area contributed by atoms with Gasteiger partial charge in [0.25, 0.3) is 0 Å². The lowest BCUT2D eigenvalue weighted by Crippen LogP contribution is -2.47. The highest BCUT2D eigenvalue weighted by Gasteiger charge is 2.18. The molecule has 0 atom stereocenters. The molecule has 10 heteroatoms. The first-order valence-electron chi connectivity index (χ1n) is 10.8. The Morgan fingerprint density at radius 3 is 2.34 bits per heavy atom. The molecule has 176 valence electrons. The summed E-state index contributed by atoms with van der Waals surface area (Å²) in [5.41, 5.74) is 0. The molecule has 0 amide bonds. The van der Waals surface area contributed by atoms with Crippen molar-refractivity contribution in [2.45, 2.75) is 17.7 Å². The van der Waals surface area contributed by atoms with Gasteiger partial charge in [0.05, 0.1) is 0 Å². The second-order valence-electron chi connectivity index (χ2n) is 7.31. The van der Waals surface area contributed by atoms with E-state index in [1.54, 1.807) is 31.2 Å². The van der Waals surface area contributed by atoms with Crippen molar-refractivity contribution in [1.29, 1.82) is 0 Å². The third-order valence-electron chi connectivity index (χ3n) is 5.07. The zero-order valence-corrected chi connectivity index (χ0v) is 21.7. The lowest BCUT2D eigenvalue weighted by Gasteiger charge is -2.34. The SMILES string of the molecule is CN=C(NCCCSc1ccc(F)cc1)NCCCN1CCN(c2ncccn2)CC1.I. The van der Waals surface area contributed by atoms with E-state index < -0.39 is 0 Å². The predicted molar refractivity (Wildman–Crippen MR) is 142 cm³/mol. The third-order valence-corrected chi connectivity index (χ3v) is 6.17. The number of nitrogens with one attached hydrogen (secondary N) is 2. The van der Waals surface area contributed by atoms with Crippen molar-refractivity contribution in [1.82, 2.24) is 25.5 Å². The molecule has 3 rings (SSSR count). The first-order chi connectivity index (χ1) is 15.2. The summed E-state index contributed by atoms with van der Waals surface area (Å²) in [4.78, 5) is 18.8. The number of guanidine groups is 1. The second kappa shape index (κ2) is 15.2. The molecule has 1 saturated heterocycles. The highest BCUT2D eigenvalue weighted by atomic mass is 127. The summed E-state index contributed by atoms with van der Waals surface area (Å²) in [5, 5.41) is 6.75. The molecule has 0 aliphatic carbocycles. The summed E-state index contributed by atoms with van der Waals surface area (Å²) in [6.45, 7) is 6.84. The summed E-state index contributed by atoms with van der Waals surface area (Å²) >= 11 is 1.74. The Kier molecular flexibility index (Phi) is 12.7. The molecule has 1 aromatic heterocycles. The Morgan fingerprint density at radius 1 is 1.03 bits per heavy atom. The van der Waals surface area contributed by atoms with E-state index in [2.05, 4.69) is 35.4 Å². The maximum absolute atomic E-state index is 12.9. The number of hydrogen-bond donors (Lipinski definition) is 2. The van der Waals surface area contributed by atoms with E-state index in [-0.39, 0.29) is 29.8 Å². The van der Waals surface area contributed by atoms with Crippen LogP contribution in [0.5, 0.6) is 0 Å². The first kappa shape index (κ1) is 26.6. The van der Waals surface area contributed by atoms with Crippen LogP contribution in [0, 0.1) is 5.82 Å². The number of benzene rings is 1. The van der Waals surface area contributed by atoms with Gasteiger partial charge >= 0.3 is 0 Å². The maximum Gasteiger partial charge on any atom is 0.225 e. The van der Waals surface area contributed by atoms with E-state index in [0.29, 0.717) is 0 Å². The van der Waals surface area contributed by atoms with E-state index in [1.807, 2.05) is 18.2 Å². The summed E-state index contributed by atoms with van der Waals surface area (Å²) in [6, 6.07) is 8.50. The third kappa shape index (κ3) is 9.45. The Hall–Kier alpha value is -1.66. The normalized spacial score (nSPS) is 14.7. The van der Waals surface area contributed by atoms with E-state index in [9.17, 15) is 4.39 Å². The number of piperazine rings is 1. The minimum absolute atomic E-state index is 0. The Labute approximate surface area is 211 Å². The molecular weight excluding hydrogens is 540 g/mol. The molecule has 1 aliphatic rings. The lowest BCUT2D eigenvalue weighted by atomic mass is 10.3. The molecule has 2 aromatic rings. The van der Waals surface area contributed by atoms with Crippen LogP contribution in [-0.4, -0.2) is 79.4 Å². The van der Waals surface area contributed by atoms with Gasteiger partial charge in [-0.05, 0) is 55.5 Å². The Balaban J connectivity index is 0.00000363. The van der Waals surface area contributed by atoms with Gasteiger partial charge in [-0.3, -0.25) is 9.89 Å². The van der Waals surface area contributed by atoms with Gasteiger partial charge in [0.15, 0.2) is 5.96 Å². The van der Waals surface area contributed by atoms with Crippen LogP contribution in [-0.2, 0) is 0 Å². The van der Waals surface area contributed by atoms with Gasteiger partial charge in [-0.1, -0.05) is 0 Å². The molecular formula is C22H33FIN7S. The van der Waals surface area contributed by atoms with Gasteiger partial charge in [0.1, 0.15) is 5.82 Å². The molecule has 1 aliphatic heterocycles. The van der Waals surface area contributed by atoms with Crippen LogP contribution in [0.4, 0.5) is 10.3 Å². The summed E-state index contributed by atoms with van der Waals surface area (Å²) < 4.78 is 12.9. The van der Waals surface area contributed by atoms with Crippen LogP contribution in [0.3, 0.4) is 0 Å². The van der Waals surface area contributed by atoms with Gasteiger partial charge in [-0.25, -0.2) is 14.4 Å². The molecule has 1 fully saturated rings. The fraction of sp³-hybridized carbons (Fsp3) is 0.500. The van der Waals surface area contributed by atoms with Crippen molar-refractivity contribution in [2.24, 2.45) is 4.99 Å². The van der Waals surface area contributed by atoms with E-state index in [0.717, 1.165) is 81.2 Å². The monoisotopic (exact) mass is 573 g/mol. The Bertz CT molecular complexity index is 787. The highest BCUT2D eigenvalue weighted by Crippen LogP contribution is 2.18. The van der Waals surface area contributed by atoms with Gasteiger partial charge in [-0.15, -0.1) is 35.7 Å². The molecule has 0 radical (unpaired) electrons. The van der Waals surface area contributed by atoms with Crippen LogP contribution in [0.2, 0.25) is 0 Å². The molecule has 0 unspecified atom stereocenters. The van der Waals surface area contributed by atoms with Crippen molar-refractivity contribution >= 4 is 47.6 Å². The number of nitrogens with zero attached hydrogens (tertiary/aromatic N) is 5. The summed E-state index contributed by atoms with van der Waals surface area (Å²) in [5.74, 6) is 2.47. The van der Waals surface area contributed by atoms with Gasteiger partial charge in [0, 0.05) is 63.6 Å². The van der Waals surface area contributed by atoms with Crippen molar-refractivity contribution in [3.8, 4) is 0 Å². The van der Waals surface area contributed by atoms with Gasteiger partial charge in [-0.2, -0.15) is 0 Å². The van der Waals surface area contributed by atoms with E-state index in [1.165, 1.54) is 12.1 Å². The molecule has 1 aromatic carbocycles. The van der Waals surface area contributed by atoms with E-state index >= 15 is 0 Å². The standard InChI is InChI=1S/C22H32FN7S.HI/c1-24-21(26-12-4-18-31-20-7-5-19(23)6-8-20)25-11-3-13-29-14-16-30(17-15-29)22-27-9-2-10-28-22;/h2,5-10H,3-4,11-18H2,1H3,(H2,24,25,26);1H. The van der Waals surface area contributed by atoms with Gasteiger partial charge < -0.3 is 15.5 Å². The van der Waals surface area contributed by atoms with Crippen molar-refractivity contribution < 1.29 is 4.39 Å². The molecule has 7 nitrogen and oxygen atoms in total. The largest absolute Gasteiger partial charge is 0.356 e. The van der Waals surface area contributed by atoms with Crippen LogP contribution in [0.15, 0.2) is 52.6 Å². The molecule has 0 bridgehead atoms. The summed E-state index contributed by atoms with van der Waals surface area (Å²) in [6.07, 6.45) is 5.68. The second-order valence-corrected chi connectivity index (χ2v) is 8.48. The van der Waals surface area contributed by atoms with Crippen LogP contribution >= 0.6 is 35.7 Å². The molecule has 0 saturated carbocycles. The number of hydrogen-bond acceptors (Lipinski definition) is 6. The minimum Gasteiger partial charge on any atom is -0.356 e. The van der Waals surface area contributed by atoms with Crippen molar-refractivity contribution in [2.75, 3.05) is 63.5 Å². The Morgan fingerprint density at radius 2 is 1.69 bits per heavy atom. The van der Waals surface area contributed by atoms with Crippen LogP contribution < -0.4 is 15.5 Å². The number of halogens is 2. The smallest absolute Gasteiger partial charge is 0.225 e. The fourth-order valence-corrected chi connectivity index (χ4v) is 4.21. The molecule has 0 spiro atoms. The zero-order valence-electron chi connectivity index (χ0n) is 18.5. The number of aromatic nitrogens is 2. The number of rotatable bonds is 10. The molecule has 2 heterocycles. The zero-order chi connectivity index (χ0) is 21.7. The summed E-state index contributed by atoms with van der Waals surface area (Å²) in [7, 11) is 1.80. The predicted octanol–water partition coefficient (Wildman–Crippen LogP) is 3.09. The van der Waals surface area contributed by atoms with Crippen LogP contribution in [0.25, 0.3) is 0 Å². The average molecular weight is 574 g/mol. The highest BCUT2D eigenvalue weighted by molar-refractivity contribution is 14.0. The van der Waals surface area contributed by atoms with E-state index in [4.69, 9.17) is 0 Å². The minimum atomic E-state index is -0.190. The van der Waals surface area contributed by atoms with Crippen LogP contribution in [0.1, 0.15) is 12.8 Å². The first-order valence-corrected chi connectivity index (χ1v) is 11.8. The number of aliphatic imine (C=N–C) groups is 1. The molecule has 32 heavy (non-hydrogen) atoms. The maximum atomic E-state index is 12.9. The topological polar surface area (TPSA) is 68.7 Å². The number of anilines is 1. The fourth-order valence-electron chi connectivity index (χ4n) is 3.36. The molecule has 2 N–H and O–H groups in total. The quantitative estimate of drug-likeness (QED) is 0.149. The number of thioether (sulfide) groups is 1.